The van der Waals surface area contributed by atoms with Gasteiger partial charge < -0.3 is 9.47 Å². The maximum Gasteiger partial charge on any atom is 0.328 e. The summed E-state index contributed by atoms with van der Waals surface area (Å²) in [4.78, 5) is 12.3. The highest BCUT2D eigenvalue weighted by Crippen LogP contribution is 2.41. The van der Waals surface area contributed by atoms with Crippen molar-refractivity contribution in [2.75, 3.05) is 20.3 Å². The summed E-state index contributed by atoms with van der Waals surface area (Å²) in [6.45, 7) is 7.50. The summed E-state index contributed by atoms with van der Waals surface area (Å²) in [6.07, 6.45) is 8.26. The third kappa shape index (κ3) is 5.95. The summed E-state index contributed by atoms with van der Waals surface area (Å²) in [5.74, 6) is 0.178. The van der Waals surface area contributed by atoms with Gasteiger partial charge in [-0.25, -0.2) is 4.79 Å². The zero-order valence-electron chi connectivity index (χ0n) is 14.2. The van der Waals surface area contributed by atoms with Crippen LogP contribution in [0.25, 0.3) is 0 Å². The Hall–Kier alpha value is -0.610. The molecule has 1 fully saturated rings. The molecule has 0 bridgehead atoms. The third-order valence-corrected chi connectivity index (χ3v) is 4.09. The van der Waals surface area contributed by atoms with Gasteiger partial charge in [-0.15, -0.1) is 0 Å². The van der Waals surface area contributed by atoms with Crippen molar-refractivity contribution in [3.63, 3.8) is 0 Å². The van der Waals surface area contributed by atoms with Gasteiger partial charge in [0.05, 0.1) is 13.7 Å². The molecule has 0 heterocycles. The number of unbranched alkanes of at least 4 members (excludes halogenated alkanes) is 4. The van der Waals surface area contributed by atoms with Crippen LogP contribution in [0.1, 0.15) is 65.7 Å². The highest BCUT2D eigenvalue weighted by Gasteiger charge is 2.52. The second-order valence-corrected chi connectivity index (χ2v) is 6.50. The minimum atomic E-state index is -0.646. The standard InChI is InChI=1S/C17H33NO3/c1-5-6-7-8-9-12-21-13-17(15-10-11-15,16(19)20-4)18-14(2)3/h14-15,18H,5-13H2,1-4H3. The lowest BCUT2D eigenvalue weighted by Crippen LogP contribution is -2.60. The van der Waals surface area contributed by atoms with Crippen LogP contribution < -0.4 is 5.32 Å². The molecule has 1 N–H and O–H groups in total. The largest absolute Gasteiger partial charge is 0.468 e. The Labute approximate surface area is 130 Å². The quantitative estimate of drug-likeness (QED) is 0.444. The Balaban J connectivity index is 2.43. The highest BCUT2D eigenvalue weighted by atomic mass is 16.5. The van der Waals surface area contributed by atoms with Gasteiger partial charge in [-0.2, -0.15) is 0 Å². The summed E-state index contributed by atoms with van der Waals surface area (Å²) in [5, 5.41) is 3.42. The molecule has 0 aromatic heterocycles. The summed E-state index contributed by atoms with van der Waals surface area (Å²) in [7, 11) is 1.46. The van der Waals surface area contributed by atoms with Crippen molar-refractivity contribution in [1.82, 2.24) is 5.32 Å². The van der Waals surface area contributed by atoms with Gasteiger partial charge in [-0.1, -0.05) is 32.6 Å². The van der Waals surface area contributed by atoms with Crippen molar-refractivity contribution in [3.8, 4) is 0 Å². The molecular weight excluding hydrogens is 266 g/mol. The number of ether oxygens (including phenoxy) is 2. The molecule has 0 spiro atoms. The Morgan fingerprint density at radius 2 is 1.90 bits per heavy atom. The van der Waals surface area contributed by atoms with E-state index in [2.05, 4.69) is 26.1 Å². The predicted molar refractivity (Wildman–Crippen MR) is 85.3 cm³/mol. The fourth-order valence-electron chi connectivity index (χ4n) is 2.88. The Morgan fingerprint density at radius 3 is 2.43 bits per heavy atom. The van der Waals surface area contributed by atoms with Crippen molar-refractivity contribution < 1.29 is 14.3 Å². The first-order chi connectivity index (χ1) is 10.1. The Kier molecular flexibility index (Phi) is 8.27. The van der Waals surface area contributed by atoms with E-state index in [9.17, 15) is 4.79 Å². The second-order valence-electron chi connectivity index (χ2n) is 6.50. The normalized spacial score (nSPS) is 17.8. The molecule has 0 amide bonds. The van der Waals surface area contributed by atoms with Gasteiger partial charge in [0.25, 0.3) is 0 Å². The van der Waals surface area contributed by atoms with Gasteiger partial charge in [-0.3, -0.25) is 5.32 Å². The maximum atomic E-state index is 12.3. The minimum absolute atomic E-state index is 0.176. The van der Waals surface area contributed by atoms with Crippen molar-refractivity contribution in [2.45, 2.75) is 77.3 Å². The number of nitrogens with one attached hydrogen (secondary N) is 1. The zero-order chi connectivity index (χ0) is 15.7. The highest BCUT2D eigenvalue weighted by molar-refractivity contribution is 5.82. The van der Waals surface area contributed by atoms with E-state index in [1.54, 1.807) is 0 Å². The average Bonchev–Trinajstić information content (AvgIpc) is 3.28. The molecule has 124 valence electrons. The summed E-state index contributed by atoms with van der Waals surface area (Å²) in [6, 6.07) is 0.234. The monoisotopic (exact) mass is 299 g/mol. The van der Waals surface area contributed by atoms with Gasteiger partial charge in [0.2, 0.25) is 0 Å². The van der Waals surface area contributed by atoms with Crippen LogP contribution in [-0.2, 0) is 14.3 Å². The van der Waals surface area contributed by atoms with Crippen molar-refractivity contribution in [2.24, 2.45) is 5.92 Å². The second kappa shape index (κ2) is 9.42. The van der Waals surface area contributed by atoms with Gasteiger partial charge in [0.1, 0.15) is 5.54 Å². The predicted octanol–water partition coefficient (Wildman–Crippen LogP) is 3.29. The molecule has 0 saturated heterocycles. The van der Waals surface area contributed by atoms with Gasteiger partial charge >= 0.3 is 5.97 Å². The molecule has 1 aliphatic carbocycles. The summed E-state index contributed by atoms with van der Waals surface area (Å²) in [5.41, 5.74) is -0.646. The first kappa shape index (κ1) is 18.4. The Morgan fingerprint density at radius 1 is 1.24 bits per heavy atom. The van der Waals surface area contributed by atoms with Crippen molar-refractivity contribution >= 4 is 5.97 Å². The number of hydrogen-bond donors (Lipinski definition) is 1. The van der Waals surface area contributed by atoms with Crippen LogP contribution in [0.4, 0.5) is 0 Å². The summed E-state index contributed by atoms with van der Waals surface area (Å²) >= 11 is 0. The number of rotatable bonds is 12. The molecule has 0 aliphatic heterocycles. The topological polar surface area (TPSA) is 47.6 Å². The molecule has 1 rings (SSSR count). The van der Waals surface area contributed by atoms with E-state index in [-0.39, 0.29) is 12.0 Å². The fourth-order valence-corrected chi connectivity index (χ4v) is 2.88. The molecule has 0 aromatic rings. The van der Waals surface area contributed by atoms with Gasteiger partial charge in [-0.05, 0) is 39.0 Å². The van der Waals surface area contributed by atoms with Crippen LogP contribution in [0.2, 0.25) is 0 Å². The van der Waals surface area contributed by atoms with Crippen LogP contribution in [-0.4, -0.2) is 37.9 Å². The van der Waals surface area contributed by atoms with Gasteiger partial charge in [0, 0.05) is 12.6 Å². The Bertz CT molecular complexity index is 302. The molecule has 1 saturated carbocycles. The first-order valence-electron chi connectivity index (χ1n) is 8.50. The van der Waals surface area contributed by atoms with Crippen LogP contribution in [0.15, 0.2) is 0 Å². The molecular formula is C17H33NO3. The molecule has 0 aromatic carbocycles. The molecule has 4 nitrogen and oxygen atoms in total. The fraction of sp³-hybridized carbons (Fsp3) is 0.941. The third-order valence-electron chi connectivity index (χ3n) is 4.09. The van der Waals surface area contributed by atoms with Crippen molar-refractivity contribution in [1.29, 1.82) is 0 Å². The van der Waals surface area contributed by atoms with E-state index in [4.69, 9.17) is 9.47 Å². The molecule has 4 heteroatoms. The lowest BCUT2D eigenvalue weighted by molar-refractivity contribution is -0.153. The van der Waals surface area contributed by atoms with Crippen LogP contribution in [0, 0.1) is 5.92 Å². The van der Waals surface area contributed by atoms with Crippen molar-refractivity contribution in [3.05, 3.63) is 0 Å². The van der Waals surface area contributed by atoms with E-state index >= 15 is 0 Å². The van der Waals surface area contributed by atoms with E-state index in [1.807, 2.05) is 0 Å². The molecule has 1 atom stereocenters. The maximum absolute atomic E-state index is 12.3. The van der Waals surface area contributed by atoms with Gasteiger partial charge in [0.15, 0.2) is 0 Å². The van der Waals surface area contributed by atoms with Crippen LogP contribution in [0.3, 0.4) is 0 Å². The number of carbonyl (C=O) groups is 1. The van der Waals surface area contributed by atoms with E-state index < -0.39 is 5.54 Å². The van der Waals surface area contributed by atoms with E-state index in [0.717, 1.165) is 25.9 Å². The lowest BCUT2D eigenvalue weighted by Gasteiger charge is -2.34. The number of methoxy groups -OCH3 is 1. The van der Waals surface area contributed by atoms with Crippen LogP contribution in [0.5, 0.6) is 0 Å². The number of hydrogen-bond acceptors (Lipinski definition) is 4. The number of esters is 1. The van der Waals surface area contributed by atoms with E-state index in [0.29, 0.717) is 12.5 Å². The minimum Gasteiger partial charge on any atom is -0.468 e. The lowest BCUT2D eigenvalue weighted by atomic mass is 9.93. The first-order valence-corrected chi connectivity index (χ1v) is 8.50. The van der Waals surface area contributed by atoms with Crippen LogP contribution >= 0.6 is 0 Å². The van der Waals surface area contributed by atoms with E-state index in [1.165, 1.54) is 32.8 Å². The smallest absolute Gasteiger partial charge is 0.328 e. The average molecular weight is 299 g/mol. The molecule has 1 unspecified atom stereocenters. The number of carbonyl (C=O) groups excluding carboxylic acids is 1. The molecule has 1 aliphatic rings. The molecule has 21 heavy (non-hydrogen) atoms. The summed E-state index contributed by atoms with van der Waals surface area (Å²) < 4.78 is 10.9. The molecule has 0 radical (unpaired) electrons. The zero-order valence-corrected chi connectivity index (χ0v) is 14.2. The SMILES string of the molecule is CCCCCCCOCC(NC(C)C)(C(=O)OC)C1CC1.